The summed E-state index contributed by atoms with van der Waals surface area (Å²) in [7, 11) is 0. The van der Waals surface area contributed by atoms with Gasteiger partial charge in [-0.3, -0.25) is 15.0 Å². The van der Waals surface area contributed by atoms with E-state index in [2.05, 4.69) is 52.5 Å². The van der Waals surface area contributed by atoms with Crippen molar-refractivity contribution in [2.24, 2.45) is 0 Å². The number of hydrogen-bond acceptors (Lipinski definition) is 4. The Labute approximate surface area is 137 Å². The third-order valence-corrected chi connectivity index (χ3v) is 4.25. The van der Waals surface area contributed by atoms with E-state index in [4.69, 9.17) is 0 Å². The van der Waals surface area contributed by atoms with Crippen LogP contribution in [0.1, 0.15) is 18.1 Å². The molecule has 1 aliphatic heterocycles. The number of urea groups is 1. The van der Waals surface area contributed by atoms with Crippen LogP contribution in [0.3, 0.4) is 0 Å². The van der Waals surface area contributed by atoms with Crippen LogP contribution in [-0.4, -0.2) is 56.1 Å². The number of piperazine rings is 1. The SMILES string of the molecule is CCNC(=O)NC(=O)CN1CCN(c2cccc(C)c2C)CC1. The van der Waals surface area contributed by atoms with Crippen molar-refractivity contribution in [3.05, 3.63) is 29.3 Å². The maximum Gasteiger partial charge on any atom is 0.321 e. The summed E-state index contributed by atoms with van der Waals surface area (Å²) in [5.74, 6) is -0.254. The Morgan fingerprint density at radius 1 is 1.13 bits per heavy atom. The standard InChI is InChI=1S/C17H26N4O2/c1-4-18-17(23)19-16(22)12-20-8-10-21(11-9-20)15-7-5-6-13(2)14(15)3/h5-7H,4,8-12H2,1-3H3,(H2,18,19,22,23). The molecular formula is C17H26N4O2. The van der Waals surface area contributed by atoms with Gasteiger partial charge in [-0.25, -0.2) is 4.79 Å². The molecule has 0 radical (unpaired) electrons. The van der Waals surface area contributed by atoms with E-state index in [0.29, 0.717) is 6.54 Å². The number of hydrogen-bond donors (Lipinski definition) is 2. The highest BCUT2D eigenvalue weighted by Gasteiger charge is 2.21. The Hall–Kier alpha value is -2.08. The molecule has 2 N–H and O–H groups in total. The topological polar surface area (TPSA) is 64.7 Å². The second-order valence-electron chi connectivity index (χ2n) is 5.89. The Balaban J connectivity index is 1.83. The highest BCUT2D eigenvalue weighted by atomic mass is 16.2. The van der Waals surface area contributed by atoms with Gasteiger partial charge in [-0.2, -0.15) is 0 Å². The van der Waals surface area contributed by atoms with Gasteiger partial charge < -0.3 is 10.2 Å². The molecule has 1 aromatic rings. The number of imide groups is 1. The highest BCUT2D eigenvalue weighted by molar-refractivity contribution is 5.95. The van der Waals surface area contributed by atoms with E-state index in [1.54, 1.807) is 0 Å². The lowest BCUT2D eigenvalue weighted by Gasteiger charge is -2.36. The fourth-order valence-corrected chi connectivity index (χ4v) is 2.80. The first-order valence-electron chi connectivity index (χ1n) is 8.12. The summed E-state index contributed by atoms with van der Waals surface area (Å²) < 4.78 is 0. The number of anilines is 1. The van der Waals surface area contributed by atoms with E-state index in [1.807, 2.05) is 6.92 Å². The zero-order valence-electron chi connectivity index (χ0n) is 14.2. The molecule has 2 rings (SSSR count). The second kappa shape index (κ2) is 7.97. The zero-order chi connectivity index (χ0) is 16.8. The van der Waals surface area contributed by atoms with E-state index >= 15 is 0 Å². The van der Waals surface area contributed by atoms with Crippen molar-refractivity contribution >= 4 is 17.6 Å². The first-order valence-corrected chi connectivity index (χ1v) is 8.12. The van der Waals surface area contributed by atoms with E-state index < -0.39 is 6.03 Å². The summed E-state index contributed by atoms with van der Waals surface area (Å²) in [6.07, 6.45) is 0. The summed E-state index contributed by atoms with van der Waals surface area (Å²) in [4.78, 5) is 27.6. The summed E-state index contributed by atoms with van der Waals surface area (Å²) >= 11 is 0. The zero-order valence-corrected chi connectivity index (χ0v) is 14.2. The Morgan fingerprint density at radius 2 is 1.83 bits per heavy atom. The van der Waals surface area contributed by atoms with Crippen molar-refractivity contribution in [2.45, 2.75) is 20.8 Å². The summed E-state index contributed by atoms with van der Waals surface area (Å²) in [5, 5.41) is 4.90. The Bertz CT molecular complexity index is 566. The first kappa shape index (κ1) is 17.3. The van der Waals surface area contributed by atoms with E-state index in [0.717, 1.165) is 26.2 Å². The van der Waals surface area contributed by atoms with Gasteiger partial charge in [-0.1, -0.05) is 12.1 Å². The van der Waals surface area contributed by atoms with E-state index in [9.17, 15) is 9.59 Å². The number of aryl methyl sites for hydroxylation is 1. The number of carbonyl (C=O) groups is 2. The van der Waals surface area contributed by atoms with Crippen LogP contribution in [0.5, 0.6) is 0 Å². The number of amides is 3. The molecule has 1 heterocycles. The van der Waals surface area contributed by atoms with Crippen molar-refractivity contribution in [3.8, 4) is 0 Å². The van der Waals surface area contributed by atoms with Gasteiger partial charge >= 0.3 is 6.03 Å². The molecule has 0 unspecified atom stereocenters. The van der Waals surface area contributed by atoms with Crippen LogP contribution in [0.15, 0.2) is 18.2 Å². The second-order valence-corrected chi connectivity index (χ2v) is 5.89. The molecule has 1 aromatic carbocycles. The van der Waals surface area contributed by atoms with Gasteiger partial charge in [0.15, 0.2) is 0 Å². The quantitative estimate of drug-likeness (QED) is 0.877. The molecule has 1 aliphatic rings. The van der Waals surface area contributed by atoms with Gasteiger partial charge in [0, 0.05) is 38.4 Å². The molecule has 1 saturated heterocycles. The third kappa shape index (κ3) is 4.69. The predicted octanol–water partition coefficient (Wildman–Crippen LogP) is 1.27. The van der Waals surface area contributed by atoms with Crippen molar-refractivity contribution < 1.29 is 9.59 Å². The molecule has 1 fully saturated rings. The van der Waals surface area contributed by atoms with Crippen LogP contribution in [0.25, 0.3) is 0 Å². The molecule has 0 aliphatic carbocycles. The van der Waals surface area contributed by atoms with Crippen LogP contribution < -0.4 is 15.5 Å². The largest absolute Gasteiger partial charge is 0.369 e. The van der Waals surface area contributed by atoms with Gasteiger partial charge in [0.05, 0.1) is 6.54 Å². The molecule has 6 heteroatoms. The third-order valence-electron chi connectivity index (χ3n) is 4.25. The fourth-order valence-electron chi connectivity index (χ4n) is 2.80. The Kier molecular flexibility index (Phi) is 5.98. The summed E-state index contributed by atoms with van der Waals surface area (Å²) in [6, 6.07) is 5.94. The molecule has 0 aromatic heterocycles. The average Bonchev–Trinajstić information content (AvgIpc) is 2.51. The molecule has 23 heavy (non-hydrogen) atoms. The van der Waals surface area contributed by atoms with Crippen molar-refractivity contribution in [1.82, 2.24) is 15.5 Å². The van der Waals surface area contributed by atoms with Crippen molar-refractivity contribution in [1.29, 1.82) is 0 Å². The first-order chi connectivity index (χ1) is 11.0. The normalized spacial score (nSPS) is 15.3. The monoisotopic (exact) mass is 318 g/mol. The number of benzene rings is 1. The number of nitrogens with zero attached hydrogens (tertiary/aromatic N) is 2. The van der Waals surface area contributed by atoms with E-state index in [1.165, 1.54) is 16.8 Å². The number of nitrogens with one attached hydrogen (secondary N) is 2. The lowest BCUT2D eigenvalue weighted by Crippen LogP contribution is -2.51. The minimum Gasteiger partial charge on any atom is -0.369 e. The van der Waals surface area contributed by atoms with E-state index in [-0.39, 0.29) is 12.5 Å². The van der Waals surface area contributed by atoms with Crippen molar-refractivity contribution in [2.75, 3.05) is 44.2 Å². The maximum atomic E-state index is 11.8. The van der Waals surface area contributed by atoms with Crippen LogP contribution in [0.2, 0.25) is 0 Å². The minimum absolute atomic E-state index is 0.254. The van der Waals surface area contributed by atoms with Gasteiger partial charge in [-0.15, -0.1) is 0 Å². The summed E-state index contributed by atoms with van der Waals surface area (Å²) in [5.41, 5.74) is 3.89. The predicted molar refractivity (Wildman–Crippen MR) is 91.8 cm³/mol. The molecule has 6 nitrogen and oxygen atoms in total. The van der Waals surface area contributed by atoms with Crippen LogP contribution in [0, 0.1) is 13.8 Å². The van der Waals surface area contributed by atoms with Gasteiger partial charge in [-0.05, 0) is 38.0 Å². The lowest BCUT2D eigenvalue weighted by molar-refractivity contribution is -0.121. The molecule has 0 spiro atoms. The number of rotatable bonds is 4. The molecule has 0 atom stereocenters. The molecule has 126 valence electrons. The minimum atomic E-state index is -0.425. The maximum absolute atomic E-state index is 11.8. The van der Waals surface area contributed by atoms with Crippen LogP contribution in [-0.2, 0) is 4.79 Å². The number of carbonyl (C=O) groups excluding carboxylic acids is 2. The smallest absolute Gasteiger partial charge is 0.321 e. The van der Waals surface area contributed by atoms with Crippen LogP contribution in [0.4, 0.5) is 10.5 Å². The fraction of sp³-hybridized carbons (Fsp3) is 0.529. The average molecular weight is 318 g/mol. The van der Waals surface area contributed by atoms with Gasteiger partial charge in [0.2, 0.25) is 5.91 Å². The van der Waals surface area contributed by atoms with Crippen molar-refractivity contribution in [3.63, 3.8) is 0 Å². The molecule has 0 bridgehead atoms. The highest BCUT2D eigenvalue weighted by Crippen LogP contribution is 2.23. The van der Waals surface area contributed by atoms with Gasteiger partial charge in [0.25, 0.3) is 0 Å². The van der Waals surface area contributed by atoms with Gasteiger partial charge in [0.1, 0.15) is 0 Å². The molecule has 0 saturated carbocycles. The molecular weight excluding hydrogens is 292 g/mol. The molecule has 3 amide bonds. The lowest BCUT2D eigenvalue weighted by atomic mass is 10.1. The Morgan fingerprint density at radius 3 is 2.48 bits per heavy atom. The summed E-state index contributed by atoms with van der Waals surface area (Å²) in [6.45, 7) is 10.3. The van der Waals surface area contributed by atoms with Crippen LogP contribution >= 0.6 is 0 Å².